The van der Waals surface area contributed by atoms with Crippen LogP contribution in [0.25, 0.3) is 32.3 Å². The van der Waals surface area contributed by atoms with Gasteiger partial charge in [0, 0.05) is 91.1 Å². The number of fused-ring (bicyclic) bond motifs is 3. The lowest BCUT2D eigenvalue weighted by molar-refractivity contribution is -0.175. The van der Waals surface area contributed by atoms with Gasteiger partial charge in [0.1, 0.15) is 45.5 Å². The van der Waals surface area contributed by atoms with Gasteiger partial charge in [-0.05, 0) is 225 Å². The molecule has 3 aliphatic rings. The fraction of sp³-hybridized carbons (Fsp3) is 0.382. The van der Waals surface area contributed by atoms with Crippen LogP contribution in [0.15, 0.2) is 164 Å². The van der Waals surface area contributed by atoms with E-state index < -0.39 is 119 Å². The van der Waals surface area contributed by atoms with E-state index >= 15 is 0 Å². The number of hydrogen-bond donors (Lipinski definition) is 8. The zero-order valence-corrected chi connectivity index (χ0v) is 72.1. The van der Waals surface area contributed by atoms with E-state index in [1.807, 2.05) is 48.5 Å². The molecule has 36 heteroatoms. The predicted molar refractivity (Wildman–Crippen MR) is 461 cm³/mol. The first-order chi connectivity index (χ1) is 58.9. The number of nitrogens with one attached hydrogen (secondary N) is 2. The Hall–Kier alpha value is -13.4. The van der Waals surface area contributed by atoms with E-state index in [-0.39, 0.29) is 43.7 Å². The van der Waals surface area contributed by atoms with Gasteiger partial charge in [-0.25, -0.2) is 38.9 Å². The van der Waals surface area contributed by atoms with Gasteiger partial charge in [0.15, 0.2) is 48.3 Å². The zero-order valence-electron chi connectivity index (χ0n) is 72.1. The number of methoxy groups -OCH3 is 3. The number of hydrogen-bond acceptors (Lipinski definition) is 28. The quantitative estimate of drug-likeness (QED) is 0.0275. The molecular weight excluding hydrogens is 1620 g/mol. The zero-order chi connectivity index (χ0) is 91.6. The number of morpholine rings is 3. The number of rotatable bonds is 19. The summed E-state index contributed by atoms with van der Waals surface area (Å²) in [6, 6.07) is 41.8. The molecule has 9 amide bonds. The minimum Gasteiger partial charge on any atom is -0.497 e. The third-order valence-corrected chi connectivity index (χ3v) is 18.5. The number of carbonyl (C=O) groups excluding carboxylic acids is 9. The second kappa shape index (κ2) is 41.7. The van der Waals surface area contributed by atoms with Gasteiger partial charge in [0.25, 0.3) is 29.5 Å². The number of anilines is 6. The molecule has 0 spiro atoms. The second-order valence-corrected chi connectivity index (χ2v) is 32.8. The summed E-state index contributed by atoms with van der Waals surface area (Å²) < 4.78 is 53.1. The third-order valence-electron chi connectivity index (χ3n) is 18.5. The number of carboxylic acids is 1. The van der Waals surface area contributed by atoms with Crippen molar-refractivity contribution in [3.8, 4) is 17.2 Å². The largest absolute Gasteiger partial charge is 0.497 e. The monoisotopic (exact) mass is 1730 g/mol. The first kappa shape index (κ1) is 95.4. The number of nitrogens with two attached hydrogens (primary N) is 2. The molecule has 6 aromatic carbocycles. The Kier molecular flexibility index (Phi) is 31.8. The van der Waals surface area contributed by atoms with Crippen molar-refractivity contribution in [1.29, 1.82) is 0 Å². The highest BCUT2D eigenvalue weighted by atomic mass is 16.6. The van der Waals surface area contributed by atoms with Crippen LogP contribution in [0.3, 0.4) is 0 Å². The lowest BCUT2D eigenvalue weighted by atomic mass is 10.1. The molecule has 0 aliphatic carbocycles. The molecule has 3 saturated heterocycles. The molecule has 12 rings (SSSR count). The number of aromatic nitrogens is 3. The standard InChI is InChI=1S/C33H40N4O9.C23H24N4O5.C19H25N3O4.C14H17NO6/c1-32(2,3)45-30(41)37(31(42)46-33(4,5)6)27-24-13-10-22(18-21(24)14-15-34-27)35-28(39)25(38)26-29(40)36(16-17-44-26)19-20-8-11-23(43-7)12-9-20;1-31-17-5-2-14(3-6-17)13-27-10-11-32-20(23(27)30)19(28)22(29)26-16-4-7-18-15(12-16)8-9-25-21(18)24;1-18(2,3)25-16(23)22(17(24)26-19(4,5)6)15-14-8-7-13(20)11-12(14)9-10-21-15;1-20-10-4-2-9(3-5-10)8-15-6-7-21-12(13(15)17)11(16)14(18)19/h8-15,18,25-26,38H,16-17,19H2,1-7H3,(H,35,39);2-9,12,19-20,28H,10-11,13H2,1H3,(H2,24,25)(H,26,29);7-11H,20H2,1-6H3;2-5,11-12,16H,6-8H2,1H3,(H,18,19)/t25-,26-;19-,20-;;11-,12-/m11.1/s1. The molecule has 0 radical (unpaired) electrons. The molecule has 10 N–H and O–H groups in total. The van der Waals surface area contributed by atoms with Gasteiger partial charge in [0.05, 0.1) is 41.2 Å². The molecule has 36 nitrogen and oxygen atoms in total. The molecule has 3 aliphatic heterocycles. The highest BCUT2D eigenvalue weighted by molar-refractivity contribution is 6.15. The number of aliphatic carboxylic acids is 1. The van der Waals surface area contributed by atoms with Gasteiger partial charge < -0.3 is 105 Å². The summed E-state index contributed by atoms with van der Waals surface area (Å²) >= 11 is 0. The molecule has 3 fully saturated rings. The van der Waals surface area contributed by atoms with E-state index in [2.05, 4.69) is 25.6 Å². The number of carbonyl (C=O) groups is 10. The smallest absolute Gasteiger partial charge is 0.425 e. The number of nitrogen functional groups attached to an aromatic ring is 2. The summed E-state index contributed by atoms with van der Waals surface area (Å²) in [5, 5.41) is 48.7. The van der Waals surface area contributed by atoms with Gasteiger partial charge in [-0.2, -0.15) is 9.80 Å². The number of carboxylic acid groups (broad SMARTS) is 1. The van der Waals surface area contributed by atoms with Crippen LogP contribution in [-0.4, -0.2) is 230 Å². The van der Waals surface area contributed by atoms with Crippen molar-refractivity contribution >= 4 is 127 Å². The van der Waals surface area contributed by atoms with Crippen molar-refractivity contribution in [2.24, 2.45) is 0 Å². The summed E-state index contributed by atoms with van der Waals surface area (Å²) in [6.45, 7) is 22.9. The van der Waals surface area contributed by atoms with Crippen LogP contribution in [0, 0.1) is 0 Å². The molecular formula is C89H106N12O24. The normalized spacial score (nSPS) is 16.2. The number of nitrogens with zero attached hydrogens (tertiary/aromatic N) is 8. The minimum absolute atomic E-state index is 0.0305. The summed E-state index contributed by atoms with van der Waals surface area (Å²) in [4.78, 5) is 145. The summed E-state index contributed by atoms with van der Waals surface area (Å²) in [6.07, 6.45) is -8.50. The molecule has 3 aromatic heterocycles. The Bertz CT molecular complexity index is 5290. The van der Waals surface area contributed by atoms with Crippen molar-refractivity contribution in [3.63, 3.8) is 0 Å². The van der Waals surface area contributed by atoms with Crippen LogP contribution in [-0.2, 0) is 81.6 Å². The average molecular weight is 1730 g/mol. The minimum atomic E-state index is -1.85. The average Bonchev–Trinajstić information content (AvgIpc) is 0.783. The van der Waals surface area contributed by atoms with Crippen LogP contribution in [0.5, 0.6) is 17.2 Å². The number of imide groups is 2. The van der Waals surface area contributed by atoms with E-state index in [1.54, 1.807) is 207 Å². The summed E-state index contributed by atoms with van der Waals surface area (Å²) in [5.74, 6) is -1.90. The number of ether oxygens (including phenoxy) is 10. The van der Waals surface area contributed by atoms with E-state index in [0.717, 1.165) is 48.4 Å². The molecule has 9 aromatic rings. The van der Waals surface area contributed by atoms with Crippen molar-refractivity contribution in [2.45, 2.75) is 162 Å². The maximum Gasteiger partial charge on any atom is 0.425 e. The first-order valence-corrected chi connectivity index (χ1v) is 39.6. The maximum atomic E-state index is 13.2. The first-order valence-electron chi connectivity index (χ1n) is 39.6. The molecule has 0 bridgehead atoms. The summed E-state index contributed by atoms with van der Waals surface area (Å²) in [5.41, 5.74) is 12.2. The van der Waals surface area contributed by atoms with Crippen LogP contribution in [0.4, 0.5) is 53.7 Å². The lowest BCUT2D eigenvalue weighted by Gasteiger charge is -2.34. The Morgan fingerprint density at radius 3 is 1.04 bits per heavy atom. The fourth-order valence-electron chi connectivity index (χ4n) is 12.6. The number of aliphatic hydroxyl groups excluding tert-OH is 3. The van der Waals surface area contributed by atoms with Crippen molar-refractivity contribution in [2.75, 3.05) is 92.7 Å². The number of benzene rings is 6. The SMILES string of the molecule is CC(C)(C)OC(=O)N(C(=O)OC(C)(C)C)c1nccc2cc(N)ccc12.COc1ccc(CN2CCO[C@H]([C@@H](O)C(=O)Nc3ccc4c(N(C(=O)OC(C)(C)C)C(=O)OC(C)(C)C)nccc4c3)C2=O)cc1.COc1ccc(CN2CCO[C@H]([C@@H](O)C(=O)Nc3ccc4c(N)nccc4c3)C2=O)cc1.COc1ccc(CN2CCO[C@H]([C@@H](O)C(=O)O)C2=O)cc1. The van der Waals surface area contributed by atoms with E-state index in [4.69, 9.17) is 63.9 Å². The Morgan fingerprint density at radius 2 is 0.720 bits per heavy atom. The molecule has 0 saturated carbocycles. The molecule has 6 heterocycles. The highest BCUT2D eigenvalue weighted by Crippen LogP contribution is 2.34. The Balaban J connectivity index is 0.000000197. The predicted octanol–water partition coefficient (Wildman–Crippen LogP) is 10.6. The van der Waals surface area contributed by atoms with Gasteiger partial charge >= 0.3 is 30.3 Å². The Morgan fingerprint density at radius 1 is 0.424 bits per heavy atom. The van der Waals surface area contributed by atoms with Crippen molar-refractivity contribution in [1.82, 2.24) is 29.7 Å². The number of pyridine rings is 3. The fourth-order valence-corrected chi connectivity index (χ4v) is 12.6. The van der Waals surface area contributed by atoms with Crippen LogP contribution in [0.1, 0.15) is 99.8 Å². The molecule has 0 unspecified atom stereocenters. The molecule has 125 heavy (non-hydrogen) atoms. The number of aliphatic hydroxyl groups is 3. The lowest BCUT2D eigenvalue weighted by Crippen LogP contribution is -2.54. The van der Waals surface area contributed by atoms with Crippen LogP contribution >= 0.6 is 0 Å². The molecule has 6 atom stereocenters. The van der Waals surface area contributed by atoms with E-state index in [1.165, 1.54) is 28.3 Å². The van der Waals surface area contributed by atoms with Crippen LogP contribution < -0.4 is 46.1 Å². The van der Waals surface area contributed by atoms with E-state index in [0.29, 0.717) is 77.6 Å². The van der Waals surface area contributed by atoms with Gasteiger partial charge in [-0.3, -0.25) is 24.0 Å². The van der Waals surface area contributed by atoms with Crippen molar-refractivity contribution in [3.05, 3.63) is 181 Å². The van der Waals surface area contributed by atoms with Crippen molar-refractivity contribution < 1.29 is 116 Å². The highest BCUT2D eigenvalue weighted by Gasteiger charge is 2.43. The third kappa shape index (κ3) is 26.6. The van der Waals surface area contributed by atoms with Gasteiger partial charge in [-0.1, -0.05) is 36.4 Å². The Labute approximate surface area is 721 Å². The number of amides is 9. The maximum absolute atomic E-state index is 13.2. The van der Waals surface area contributed by atoms with E-state index in [9.17, 15) is 63.3 Å². The van der Waals surface area contributed by atoms with Gasteiger partial charge in [-0.15, -0.1) is 0 Å². The summed E-state index contributed by atoms with van der Waals surface area (Å²) in [7, 11) is 4.72. The molecule has 666 valence electrons. The second-order valence-electron chi connectivity index (χ2n) is 32.8. The van der Waals surface area contributed by atoms with Gasteiger partial charge in [0.2, 0.25) is 0 Å². The van der Waals surface area contributed by atoms with Crippen LogP contribution in [0.2, 0.25) is 0 Å². The topological polar surface area (TPSA) is 475 Å².